The number of carbonyl (C=O) groups is 1. The molecule has 2 aromatic rings. The molecule has 4 heteroatoms. The molecule has 0 amide bonds. The molecule has 1 aromatic carbocycles. The second kappa shape index (κ2) is 6.47. The third-order valence-corrected chi connectivity index (χ3v) is 3.64. The van der Waals surface area contributed by atoms with Crippen LogP contribution in [0.4, 0.5) is 0 Å². The first-order valence-electron chi connectivity index (χ1n) is 6.98. The Hall–Kier alpha value is -2.25. The van der Waals surface area contributed by atoms with Gasteiger partial charge in [-0.1, -0.05) is 31.0 Å². The van der Waals surface area contributed by atoms with Crippen molar-refractivity contribution in [3.63, 3.8) is 0 Å². The summed E-state index contributed by atoms with van der Waals surface area (Å²) in [5, 5.41) is 10.1. The summed E-state index contributed by atoms with van der Waals surface area (Å²) in [5.74, 6) is 2.42. The molecule has 0 spiro atoms. The number of carboxylic acid groups (broad SMARTS) is 1. The first-order valence-corrected chi connectivity index (χ1v) is 6.98. The maximum absolute atomic E-state index is 11.0. The Morgan fingerprint density at radius 1 is 1.48 bits per heavy atom. The van der Waals surface area contributed by atoms with E-state index >= 15 is 0 Å². The van der Waals surface area contributed by atoms with Crippen LogP contribution in [-0.2, 0) is 11.2 Å². The molecule has 21 heavy (non-hydrogen) atoms. The van der Waals surface area contributed by atoms with Crippen molar-refractivity contribution in [3.8, 4) is 12.3 Å². The van der Waals surface area contributed by atoms with Crippen LogP contribution in [0.1, 0.15) is 31.2 Å². The fourth-order valence-corrected chi connectivity index (χ4v) is 2.61. The molecule has 0 aliphatic carbocycles. The van der Waals surface area contributed by atoms with Crippen LogP contribution < -0.4 is 0 Å². The Morgan fingerprint density at radius 2 is 2.19 bits per heavy atom. The molecule has 1 atom stereocenters. The Balaban J connectivity index is 2.43. The number of aliphatic carboxylic acids is 1. The van der Waals surface area contributed by atoms with Crippen molar-refractivity contribution >= 4 is 16.9 Å². The van der Waals surface area contributed by atoms with Crippen molar-refractivity contribution in [1.82, 2.24) is 4.90 Å². The van der Waals surface area contributed by atoms with Crippen molar-refractivity contribution < 1.29 is 14.3 Å². The number of carboxylic acids is 1. The van der Waals surface area contributed by atoms with Crippen LogP contribution in [0, 0.1) is 12.3 Å². The summed E-state index contributed by atoms with van der Waals surface area (Å²) in [5.41, 5.74) is 1.94. The molecule has 1 heterocycles. The number of benzene rings is 1. The molecule has 0 saturated carbocycles. The van der Waals surface area contributed by atoms with Gasteiger partial charge < -0.3 is 9.52 Å². The molecular formula is C17H19NO3. The highest BCUT2D eigenvalue weighted by Crippen LogP contribution is 2.32. The summed E-state index contributed by atoms with van der Waals surface area (Å²) in [6.07, 6.45) is 6.18. The SMILES string of the molecule is C#CCN(CC(=O)O)C(C)c1oc2ccccc2c1CC. The van der Waals surface area contributed by atoms with Crippen molar-refractivity contribution in [1.29, 1.82) is 0 Å². The lowest BCUT2D eigenvalue weighted by Crippen LogP contribution is -2.32. The van der Waals surface area contributed by atoms with E-state index in [9.17, 15) is 4.79 Å². The van der Waals surface area contributed by atoms with Gasteiger partial charge in [0.05, 0.1) is 19.1 Å². The number of nitrogens with zero attached hydrogens (tertiary/aromatic N) is 1. The third-order valence-electron chi connectivity index (χ3n) is 3.64. The number of aryl methyl sites for hydroxylation is 1. The second-order valence-corrected chi connectivity index (χ2v) is 4.97. The number of rotatable bonds is 6. The lowest BCUT2D eigenvalue weighted by Gasteiger charge is -2.24. The summed E-state index contributed by atoms with van der Waals surface area (Å²) in [6, 6.07) is 7.67. The fraction of sp³-hybridized carbons (Fsp3) is 0.353. The van der Waals surface area contributed by atoms with E-state index in [1.165, 1.54) is 0 Å². The van der Waals surface area contributed by atoms with Gasteiger partial charge in [0.1, 0.15) is 11.3 Å². The minimum absolute atomic E-state index is 0.106. The molecule has 4 nitrogen and oxygen atoms in total. The van der Waals surface area contributed by atoms with Crippen LogP contribution in [0.5, 0.6) is 0 Å². The molecule has 0 bridgehead atoms. The Kier molecular flexibility index (Phi) is 4.66. The Morgan fingerprint density at radius 3 is 2.81 bits per heavy atom. The highest BCUT2D eigenvalue weighted by molar-refractivity contribution is 5.82. The lowest BCUT2D eigenvalue weighted by atomic mass is 10.0. The molecule has 1 aromatic heterocycles. The molecule has 0 aliphatic heterocycles. The molecule has 1 N–H and O–H groups in total. The fourth-order valence-electron chi connectivity index (χ4n) is 2.61. The van der Waals surface area contributed by atoms with E-state index in [0.717, 1.165) is 28.7 Å². The maximum atomic E-state index is 11.0. The topological polar surface area (TPSA) is 53.7 Å². The van der Waals surface area contributed by atoms with Crippen molar-refractivity contribution in [2.75, 3.05) is 13.1 Å². The molecule has 0 saturated heterocycles. The van der Waals surface area contributed by atoms with Gasteiger partial charge in [0, 0.05) is 10.9 Å². The zero-order valence-corrected chi connectivity index (χ0v) is 12.3. The van der Waals surface area contributed by atoms with Crippen LogP contribution in [0.25, 0.3) is 11.0 Å². The monoisotopic (exact) mass is 285 g/mol. The zero-order chi connectivity index (χ0) is 15.4. The van der Waals surface area contributed by atoms with Gasteiger partial charge in [-0.15, -0.1) is 6.42 Å². The highest BCUT2D eigenvalue weighted by atomic mass is 16.4. The standard InChI is InChI=1S/C17H19NO3/c1-4-10-18(11-16(19)20)12(3)17-13(5-2)14-8-6-7-9-15(14)21-17/h1,6-9,12H,5,10-11H2,2-3H3,(H,19,20). The first-order chi connectivity index (χ1) is 10.1. The number of hydrogen-bond donors (Lipinski definition) is 1. The first kappa shape index (κ1) is 15.1. The number of fused-ring (bicyclic) bond motifs is 1. The van der Waals surface area contributed by atoms with Crippen molar-refractivity contribution in [2.45, 2.75) is 26.3 Å². The largest absolute Gasteiger partial charge is 0.480 e. The number of furan rings is 1. The van der Waals surface area contributed by atoms with Gasteiger partial charge in [-0.2, -0.15) is 0 Å². The number of para-hydroxylation sites is 1. The minimum Gasteiger partial charge on any atom is -0.480 e. The molecule has 1 unspecified atom stereocenters. The van der Waals surface area contributed by atoms with Gasteiger partial charge in [-0.05, 0) is 19.4 Å². The highest BCUT2D eigenvalue weighted by Gasteiger charge is 2.24. The molecule has 110 valence electrons. The molecule has 2 rings (SSSR count). The Labute approximate surface area is 124 Å². The molecule has 0 radical (unpaired) electrons. The summed E-state index contributed by atoms with van der Waals surface area (Å²) in [4.78, 5) is 12.7. The van der Waals surface area contributed by atoms with E-state index in [2.05, 4.69) is 12.8 Å². The van der Waals surface area contributed by atoms with Crippen LogP contribution >= 0.6 is 0 Å². The average molecular weight is 285 g/mol. The van der Waals surface area contributed by atoms with Crippen LogP contribution in [-0.4, -0.2) is 29.1 Å². The van der Waals surface area contributed by atoms with Crippen LogP contribution in [0.15, 0.2) is 28.7 Å². The molecule has 0 fully saturated rings. The van der Waals surface area contributed by atoms with Gasteiger partial charge in [0.15, 0.2) is 0 Å². The summed E-state index contributed by atoms with van der Waals surface area (Å²) >= 11 is 0. The lowest BCUT2D eigenvalue weighted by molar-refractivity contribution is -0.138. The summed E-state index contributed by atoms with van der Waals surface area (Å²) in [6.45, 7) is 4.16. The van der Waals surface area contributed by atoms with Crippen LogP contribution in [0.2, 0.25) is 0 Å². The number of terminal acetylenes is 1. The van der Waals surface area contributed by atoms with Crippen molar-refractivity contribution in [3.05, 3.63) is 35.6 Å². The van der Waals surface area contributed by atoms with Crippen LogP contribution in [0.3, 0.4) is 0 Å². The predicted molar refractivity (Wildman–Crippen MR) is 82.0 cm³/mol. The van der Waals surface area contributed by atoms with Gasteiger partial charge in [0.2, 0.25) is 0 Å². The van der Waals surface area contributed by atoms with E-state index in [1.54, 1.807) is 4.90 Å². The van der Waals surface area contributed by atoms with E-state index in [0.29, 0.717) is 0 Å². The average Bonchev–Trinajstić information content (AvgIpc) is 2.84. The molecular weight excluding hydrogens is 266 g/mol. The maximum Gasteiger partial charge on any atom is 0.317 e. The van der Waals surface area contributed by atoms with E-state index in [1.807, 2.05) is 31.2 Å². The van der Waals surface area contributed by atoms with Gasteiger partial charge in [0.25, 0.3) is 0 Å². The zero-order valence-electron chi connectivity index (χ0n) is 12.3. The van der Waals surface area contributed by atoms with E-state index < -0.39 is 5.97 Å². The van der Waals surface area contributed by atoms with Gasteiger partial charge in [-0.3, -0.25) is 9.69 Å². The molecule has 0 aliphatic rings. The summed E-state index contributed by atoms with van der Waals surface area (Å²) < 4.78 is 5.96. The number of hydrogen-bond acceptors (Lipinski definition) is 3. The van der Waals surface area contributed by atoms with Crippen molar-refractivity contribution in [2.24, 2.45) is 0 Å². The van der Waals surface area contributed by atoms with E-state index in [-0.39, 0.29) is 19.1 Å². The minimum atomic E-state index is -0.897. The predicted octanol–water partition coefficient (Wildman–Crippen LogP) is 3.08. The quantitative estimate of drug-likeness (QED) is 0.829. The van der Waals surface area contributed by atoms with Gasteiger partial charge in [-0.25, -0.2) is 0 Å². The van der Waals surface area contributed by atoms with E-state index in [4.69, 9.17) is 15.9 Å². The normalized spacial score (nSPS) is 12.5. The van der Waals surface area contributed by atoms with Gasteiger partial charge >= 0.3 is 5.97 Å². The smallest absolute Gasteiger partial charge is 0.317 e. The summed E-state index contributed by atoms with van der Waals surface area (Å²) in [7, 11) is 0. The Bertz CT molecular complexity index is 681. The second-order valence-electron chi connectivity index (χ2n) is 4.97. The third kappa shape index (κ3) is 3.09.